The molecule has 0 fully saturated rings. The van der Waals surface area contributed by atoms with E-state index in [-0.39, 0.29) is 13.0 Å². The molecule has 0 saturated carbocycles. The van der Waals surface area contributed by atoms with Crippen molar-refractivity contribution >= 4 is 17.9 Å². The van der Waals surface area contributed by atoms with Gasteiger partial charge in [-0.15, -0.1) is 0 Å². The lowest BCUT2D eigenvalue weighted by molar-refractivity contribution is -0.139. The zero-order valence-corrected chi connectivity index (χ0v) is 21.1. The lowest BCUT2D eigenvalue weighted by atomic mass is 10.1. The maximum absolute atomic E-state index is 12.1. The molecule has 1 aromatic heterocycles. The number of alkyl carbamates (subject to hydrolysis) is 1. The van der Waals surface area contributed by atoms with Crippen LogP contribution in [0.25, 0.3) is 0 Å². The average Bonchev–Trinajstić information content (AvgIpc) is 2.90. The van der Waals surface area contributed by atoms with Crippen LogP contribution in [0.5, 0.6) is 0 Å². The van der Waals surface area contributed by atoms with Gasteiger partial charge in [-0.3, -0.25) is 0 Å². The van der Waals surface area contributed by atoms with Gasteiger partial charge in [0.1, 0.15) is 18.5 Å². The summed E-state index contributed by atoms with van der Waals surface area (Å²) in [5.41, 5.74) is 3.23. The third-order valence-electron chi connectivity index (χ3n) is 6.26. The molecular formula is C27H38N4O5. The number of carbonyl (C=O) groups excluding carboxylic acids is 1. The summed E-state index contributed by atoms with van der Waals surface area (Å²) in [5, 5.41) is 15.5. The number of benzene rings is 1. The van der Waals surface area contributed by atoms with Crippen molar-refractivity contribution in [1.82, 2.24) is 15.2 Å². The summed E-state index contributed by atoms with van der Waals surface area (Å²) in [7, 11) is 1.65. The van der Waals surface area contributed by atoms with E-state index in [4.69, 9.17) is 14.5 Å². The Morgan fingerprint density at radius 1 is 1.14 bits per heavy atom. The monoisotopic (exact) mass is 498 g/mol. The molecular weight excluding hydrogens is 460 g/mol. The van der Waals surface area contributed by atoms with Crippen molar-refractivity contribution in [3.63, 3.8) is 0 Å². The van der Waals surface area contributed by atoms with E-state index >= 15 is 0 Å². The van der Waals surface area contributed by atoms with Gasteiger partial charge in [0.2, 0.25) is 0 Å². The van der Waals surface area contributed by atoms with Gasteiger partial charge in [-0.1, -0.05) is 36.4 Å². The molecule has 1 aliphatic rings. The highest BCUT2D eigenvalue weighted by atomic mass is 16.5. The number of carbonyl (C=O) groups is 2. The van der Waals surface area contributed by atoms with E-state index in [1.807, 2.05) is 30.3 Å². The fourth-order valence-electron chi connectivity index (χ4n) is 4.18. The minimum absolute atomic E-state index is 0.0914. The number of hydrogen-bond donors (Lipinski definition) is 3. The molecule has 0 aliphatic carbocycles. The van der Waals surface area contributed by atoms with Crippen LogP contribution in [0.15, 0.2) is 42.5 Å². The number of carboxylic acids is 1. The van der Waals surface area contributed by atoms with Crippen LogP contribution < -0.4 is 10.6 Å². The van der Waals surface area contributed by atoms with Gasteiger partial charge in [0.05, 0.1) is 6.61 Å². The number of hydrogen-bond acceptors (Lipinski definition) is 7. The maximum Gasteiger partial charge on any atom is 0.408 e. The number of carboxylic acid groups (broad SMARTS) is 1. The van der Waals surface area contributed by atoms with Gasteiger partial charge in [-0.25, -0.2) is 14.6 Å². The molecule has 0 spiro atoms. The predicted molar refractivity (Wildman–Crippen MR) is 138 cm³/mol. The second kappa shape index (κ2) is 15.1. The van der Waals surface area contributed by atoms with Gasteiger partial charge in [-0.05, 0) is 62.3 Å². The van der Waals surface area contributed by atoms with Crippen LogP contribution in [0.4, 0.5) is 10.6 Å². The van der Waals surface area contributed by atoms with E-state index < -0.39 is 18.1 Å². The molecule has 1 atom stereocenters. The van der Waals surface area contributed by atoms with Crippen molar-refractivity contribution in [2.24, 2.45) is 0 Å². The molecule has 36 heavy (non-hydrogen) atoms. The van der Waals surface area contributed by atoms with Gasteiger partial charge in [0.15, 0.2) is 0 Å². The number of rotatable bonds is 15. The molecule has 9 nitrogen and oxygen atoms in total. The van der Waals surface area contributed by atoms with Gasteiger partial charge in [-0.2, -0.15) is 0 Å². The lowest BCUT2D eigenvalue weighted by Gasteiger charge is -2.24. The average molecular weight is 499 g/mol. The van der Waals surface area contributed by atoms with E-state index in [1.165, 1.54) is 5.56 Å². The van der Waals surface area contributed by atoms with Crippen molar-refractivity contribution in [2.45, 2.75) is 51.2 Å². The molecule has 1 aliphatic heterocycles. The van der Waals surface area contributed by atoms with Crippen LogP contribution in [0, 0.1) is 0 Å². The van der Waals surface area contributed by atoms with Crippen LogP contribution in [0.3, 0.4) is 0 Å². The Bertz CT molecular complexity index is 956. The smallest absolute Gasteiger partial charge is 0.408 e. The topological polar surface area (TPSA) is 113 Å². The number of unbranched alkanes of at least 4 members (excludes halogenated alkanes) is 1. The van der Waals surface area contributed by atoms with Crippen LogP contribution in [-0.4, -0.2) is 73.0 Å². The van der Waals surface area contributed by atoms with Crippen LogP contribution in [0.1, 0.15) is 42.5 Å². The quantitative estimate of drug-likeness (QED) is 0.320. The Labute approximate surface area is 213 Å². The molecule has 1 amide bonds. The van der Waals surface area contributed by atoms with E-state index in [0.717, 1.165) is 62.3 Å². The van der Waals surface area contributed by atoms with Crippen LogP contribution in [0.2, 0.25) is 0 Å². The van der Waals surface area contributed by atoms with Gasteiger partial charge >= 0.3 is 12.1 Å². The number of aromatic nitrogens is 1. The van der Waals surface area contributed by atoms with Crippen molar-refractivity contribution in [3.8, 4) is 0 Å². The summed E-state index contributed by atoms with van der Waals surface area (Å²) in [6, 6.07) is 12.5. The number of nitrogens with zero attached hydrogens (tertiary/aromatic N) is 2. The molecule has 3 N–H and O–H groups in total. The SMILES string of the molecule is COCCN(CCCCc1ccc2c(n1)NCCC2)CC[C@H](NC(=O)OCc1ccccc1)C(=O)O. The molecule has 196 valence electrons. The molecule has 2 heterocycles. The second-order valence-electron chi connectivity index (χ2n) is 9.02. The first-order valence-electron chi connectivity index (χ1n) is 12.7. The molecule has 9 heteroatoms. The number of aliphatic carboxylic acids is 1. The first kappa shape index (κ1) is 27.4. The van der Waals surface area contributed by atoms with Gasteiger partial charge in [0, 0.05) is 32.4 Å². The highest BCUT2D eigenvalue weighted by Crippen LogP contribution is 2.20. The maximum atomic E-state index is 12.1. The summed E-state index contributed by atoms with van der Waals surface area (Å²) in [5.74, 6) is -0.0552. The van der Waals surface area contributed by atoms with E-state index in [2.05, 4.69) is 27.7 Å². The Morgan fingerprint density at radius 3 is 2.75 bits per heavy atom. The van der Waals surface area contributed by atoms with Gasteiger partial charge < -0.3 is 30.1 Å². The third kappa shape index (κ3) is 9.47. The second-order valence-corrected chi connectivity index (χ2v) is 9.02. The van der Waals surface area contributed by atoms with E-state index in [1.54, 1.807) is 7.11 Å². The standard InChI is InChI=1S/C27H38N4O5/c1-35-19-18-31(16-6-5-11-23-13-12-22-10-7-15-28-25(22)29-23)17-14-24(26(32)33)30-27(34)36-20-21-8-3-2-4-9-21/h2-4,8-9,12-13,24H,5-7,10-11,14-20H2,1H3,(H,28,29)(H,30,34)(H,32,33)/t24-/m0/s1. The summed E-state index contributed by atoms with van der Waals surface area (Å²) in [6.07, 6.45) is 4.63. The van der Waals surface area contributed by atoms with Crippen LogP contribution >= 0.6 is 0 Å². The Kier molecular flexibility index (Phi) is 11.5. The number of ether oxygens (including phenoxy) is 2. The molecule has 0 unspecified atom stereocenters. The molecule has 2 aromatic rings. The lowest BCUT2D eigenvalue weighted by Crippen LogP contribution is -2.43. The highest BCUT2D eigenvalue weighted by molar-refractivity contribution is 5.79. The number of anilines is 1. The van der Waals surface area contributed by atoms with Crippen molar-refractivity contribution in [3.05, 3.63) is 59.3 Å². The Balaban J connectivity index is 1.41. The minimum Gasteiger partial charge on any atom is -0.480 e. The number of aryl methyl sites for hydroxylation is 2. The van der Waals surface area contributed by atoms with E-state index in [9.17, 15) is 14.7 Å². The molecule has 1 aromatic carbocycles. The van der Waals surface area contributed by atoms with Gasteiger partial charge in [0.25, 0.3) is 0 Å². The van der Waals surface area contributed by atoms with Crippen molar-refractivity contribution in [2.75, 3.05) is 45.2 Å². The van der Waals surface area contributed by atoms with Crippen LogP contribution in [-0.2, 0) is 33.7 Å². The first-order chi connectivity index (χ1) is 17.5. The number of nitrogens with one attached hydrogen (secondary N) is 2. The Morgan fingerprint density at radius 2 is 1.97 bits per heavy atom. The third-order valence-corrected chi connectivity index (χ3v) is 6.26. The number of amides is 1. The molecule has 0 saturated heterocycles. The fraction of sp³-hybridized carbons (Fsp3) is 0.519. The van der Waals surface area contributed by atoms with Crippen molar-refractivity contribution in [1.29, 1.82) is 0 Å². The molecule has 0 radical (unpaired) electrons. The fourth-order valence-corrected chi connectivity index (χ4v) is 4.18. The summed E-state index contributed by atoms with van der Waals surface area (Å²) in [4.78, 5) is 30.8. The zero-order chi connectivity index (χ0) is 25.6. The summed E-state index contributed by atoms with van der Waals surface area (Å²) in [6.45, 7) is 3.67. The van der Waals surface area contributed by atoms with E-state index in [0.29, 0.717) is 19.7 Å². The normalized spacial score (nSPS) is 13.5. The Hall–Kier alpha value is -3.17. The summed E-state index contributed by atoms with van der Waals surface area (Å²) < 4.78 is 10.4. The highest BCUT2D eigenvalue weighted by Gasteiger charge is 2.22. The van der Waals surface area contributed by atoms with Crippen molar-refractivity contribution < 1.29 is 24.2 Å². The number of fused-ring (bicyclic) bond motifs is 1. The first-order valence-corrected chi connectivity index (χ1v) is 12.7. The predicted octanol–water partition coefficient (Wildman–Crippen LogP) is 3.48. The molecule has 0 bridgehead atoms. The molecule has 3 rings (SSSR count). The largest absolute Gasteiger partial charge is 0.480 e. The minimum atomic E-state index is -1.08. The zero-order valence-electron chi connectivity index (χ0n) is 21.1. The summed E-state index contributed by atoms with van der Waals surface area (Å²) >= 11 is 0. The number of pyridine rings is 1. The number of methoxy groups -OCH3 is 1.